The highest BCUT2D eigenvalue weighted by molar-refractivity contribution is 6.02. The summed E-state index contributed by atoms with van der Waals surface area (Å²) >= 11 is 0. The van der Waals surface area contributed by atoms with Crippen LogP contribution in [0.5, 0.6) is 0 Å². The van der Waals surface area contributed by atoms with E-state index in [1.54, 1.807) is 32.5 Å². The minimum Gasteiger partial charge on any atom is -0.348 e. The zero-order valence-corrected chi connectivity index (χ0v) is 15.6. The van der Waals surface area contributed by atoms with E-state index in [1.807, 2.05) is 25.1 Å². The number of likely N-dealkylation sites (N-methyl/N-ethyl adjacent to an activating group) is 1. The van der Waals surface area contributed by atoms with Crippen LogP contribution in [0.2, 0.25) is 0 Å². The molecule has 1 aliphatic rings. The van der Waals surface area contributed by atoms with Crippen LogP contribution in [0.3, 0.4) is 0 Å². The van der Waals surface area contributed by atoms with Gasteiger partial charge in [0.1, 0.15) is 0 Å². The van der Waals surface area contributed by atoms with Gasteiger partial charge in [0.2, 0.25) is 12.2 Å². The summed E-state index contributed by atoms with van der Waals surface area (Å²) in [6.07, 6.45) is 2.52. The fourth-order valence-corrected chi connectivity index (χ4v) is 3.01. The van der Waals surface area contributed by atoms with E-state index in [-0.39, 0.29) is 23.3 Å². The van der Waals surface area contributed by atoms with Crippen molar-refractivity contribution in [2.24, 2.45) is 0 Å². The van der Waals surface area contributed by atoms with E-state index in [4.69, 9.17) is 0 Å². The normalized spacial score (nSPS) is 14.6. The van der Waals surface area contributed by atoms with Crippen molar-refractivity contribution in [2.75, 3.05) is 53.4 Å². The van der Waals surface area contributed by atoms with Gasteiger partial charge in [0, 0.05) is 45.5 Å². The number of fused-ring (bicyclic) bond motifs is 1. The van der Waals surface area contributed by atoms with Crippen molar-refractivity contribution in [1.29, 1.82) is 0 Å². The molecule has 0 aliphatic carbocycles. The molecule has 0 saturated carbocycles. The van der Waals surface area contributed by atoms with Crippen molar-refractivity contribution < 1.29 is 14.4 Å². The summed E-state index contributed by atoms with van der Waals surface area (Å²) in [5, 5.41) is 2.83. The summed E-state index contributed by atoms with van der Waals surface area (Å²) in [6.45, 7) is 3.10. The second-order valence-corrected chi connectivity index (χ2v) is 6.73. The van der Waals surface area contributed by atoms with Crippen LogP contribution in [0.15, 0.2) is 24.4 Å². The number of hydrogen-bond acceptors (Lipinski definition) is 5. The SMILES string of the molecule is CN(C)CCNC(=O)c1nc(C(=O)N2CCN(C=O)CC2)c2ccccn12. The van der Waals surface area contributed by atoms with Gasteiger partial charge < -0.3 is 20.0 Å². The van der Waals surface area contributed by atoms with E-state index < -0.39 is 0 Å². The van der Waals surface area contributed by atoms with Gasteiger partial charge in [-0.15, -0.1) is 0 Å². The van der Waals surface area contributed by atoms with E-state index >= 15 is 0 Å². The van der Waals surface area contributed by atoms with Gasteiger partial charge in [-0.1, -0.05) is 6.07 Å². The summed E-state index contributed by atoms with van der Waals surface area (Å²) < 4.78 is 1.64. The highest BCUT2D eigenvalue weighted by Crippen LogP contribution is 2.16. The van der Waals surface area contributed by atoms with Crippen LogP contribution in [0.25, 0.3) is 5.52 Å². The molecule has 1 aliphatic heterocycles. The number of carbonyl (C=O) groups excluding carboxylic acids is 3. The standard InChI is InChI=1S/C18H24N6O3/c1-21(2)8-6-19-17(26)16-20-15(14-5-3-4-7-24(14)16)18(27)23-11-9-22(13-25)10-12-23/h3-5,7,13H,6,8-12H2,1-2H3,(H,19,26). The highest BCUT2D eigenvalue weighted by Gasteiger charge is 2.27. The van der Waals surface area contributed by atoms with Gasteiger partial charge in [0.05, 0.1) is 5.52 Å². The van der Waals surface area contributed by atoms with Gasteiger partial charge in [0.25, 0.3) is 11.8 Å². The summed E-state index contributed by atoms with van der Waals surface area (Å²) in [5.74, 6) is -0.348. The molecule has 0 unspecified atom stereocenters. The Bertz CT molecular complexity index is 839. The predicted octanol–water partition coefficient (Wildman–Crippen LogP) is -0.460. The van der Waals surface area contributed by atoms with Crippen molar-refractivity contribution in [3.63, 3.8) is 0 Å². The van der Waals surface area contributed by atoms with Gasteiger partial charge in [0.15, 0.2) is 5.69 Å². The molecule has 1 N–H and O–H groups in total. The lowest BCUT2D eigenvalue weighted by atomic mass is 10.2. The van der Waals surface area contributed by atoms with Crippen LogP contribution in [-0.2, 0) is 4.79 Å². The molecule has 3 heterocycles. The molecule has 0 aromatic carbocycles. The lowest BCUT2D eigenvalue weighted by Crippen LogP contribution is -2.48. The molecule has 144 valence electrons. The summed E-state index contributed by atoms with van der Waals surface area (Å²) in [7, 11) is 3.86. The van der Waals surface area contributed by atoms with Crippen molar-refractivity contribution in [1.82, 2.24) is 29.4 Å². The minimum absolute atomic E-state index is 0.194. The average Bonchev–Trinajstić information content (AvgIpc) is 3.07. The number of nitrogens with one attached hydrogen (secondary N) is 1. The molecule has 0 radical (unpaired) electrons. The molecule has 9 heteroatoms. The Morgan fingerprint density at radius 2 is 1.96 bits per heavy atom. The molecule has 27 heavy (non-hydrogen) atoms. The number of amides is 3. The number of piperazine rings is 1. The molecular formula is C18H24N6O3. The maximum atomic E-state index is 13.0. The Balaban J connectivity index is 1.83. The fraction of sp³-hybridized carbons (Fsp3) is 0.444. The molecule has 2 aromatic heterocycles. The summed E-state index contributed by atoms with van der Waals surface area (Å²) in [5.41, 5.74) is 0.853. The summed E-state index contributed by atoms with van der Waals surface area (Å²) in [4.78, 5) is 46.0. The number of hydrogen-bond donors (Lipinski definition) is 1. The third-order valence-electron chi connectivity index (χ3n) is 4.55. The molecule has 0 atom stereocenters. The van der Waals surface area contributed by atoms with Crippen molar-refractivity contribution in [3.05, 3.63) is 35.9 Å². The van der Waals surface area contributed by atoms with Crippen LogP contribution < -0.4 is 5.32 Å². The van der Waals surface area contributed by atoms with Gasteiger partial charge >= 0.3 is 0 Å². The number of rotatable bonds is 6. The third kappa shape index (κ3) is 4.08. The zero-order chi connectivity index (χ0) is 19.4. The van der Waals surface area contributed by atoms with Gasteiger partial charge in [-0.25, -0.2) is 4.98 Å². The van der Waals surface area contributed by atoms with Crippen LogP contribution >= 0.6 is 0 Å². The van der Waals surface area contributed by atoms with Crippen LogP contribution in [0, 0.1) is 0 Å². The number of imidazole rings is 1. The lowest BCUT2D eigenvalue weighted by molar-refractivity contribution is -0.119. The minimum atomic E-state index is -0.317. The van der Waals surface area contributed by atoms with E-state index in [0.29, 0.717) is 44.8 Å². The van der Waals surface area contributed by atoms with E-state index in [2.05, 4.69) is 10.3 Å². The molecule has 3 amide bonds. The number of nitrogens with zero attached hydrogens (tertiary/aromatic N) is 5. The van der Waals surface area contributed by atoms with Gasteiger partial charge in [-0.3, -0.25) is 18.8 Å². The Hall–Kier alpha value is -2.94. The average molecular weight is 372 g/mol. The molecule has 0 bridgehead atoms. The molecule has 3 rings (SSSR count). The first kappa shape index (κ1) is 18.8. The molecular weight excluding hydrogens is 348 g/mol. The molecule has 2 aromatic rings. The Kier molecular flexibility index (Phi) is 5.70. The molecule has 0 spiro atoms. The predicted molar refractivity (Wildman–Crippen MR) is 99.6 cm³/mol. The number of carbonyl (C=O) groups is 3. The number of pyridine rings is 1. The Labute approximate surface area is 157 Å². The smallest absolute Gasteiger partial charge is 0.287 e. The maximum Gasteiger partial charge on any atom is 0.287 e. The molecule has 1 fully saturated rings. The van der Waals surface area contributed by atoms with Crippen LogP contribution in [0.1, 0.15) is 21.1 Å². The molecule has 9 nitrogen and oxygen atoms in total. The molecule has 1 saturated heterocycles. The van der Waals surface area contributed by atoms with Gasteiger partial charge in [-0.2, -0.15) is 0 Å². The quantitative estimate of drug-likeness (QED) is 0.693. The Morgan fingerprint density at radius 3 is 2.63 bits per heavy atom. The van der Waals surface area contributed by atoms with E-state index in [0.717, 1.165) is 6.41 Å². The van der Waals surface area contributed by atoms with Crippen molar-refractivity contribution in [2.45, 2.75) is 0 Å². The van der Waals surface area contributed by atoms with E-state index in [9.17, 15) is 14.4 Å². The third-order valence-corrected chi connectivity index (χ3v) is 4.55. The Morgan fingerprint density at radius 1 is 1.22 bits per heavy atom. The lowest BCUT2D eigenvalue weighted by Gasteiger charge is -2.32. The van der Waals surface area contributed by atoms with Crippen molar-refractivity contribution in [3.8, 4) is 0 Å². The highest BCUT2D eigenvalue weighted by atomic mass is 16.2. The first-order chi connectivity index (χ1) is 13.0. The number of aromatic nitrogens is 2. The second kappa shape index (κ2) is 8.17. The monoisotopic (exact) mass is 372 g/mol. The topological polar surface area (TPSA) is 90.3 Å². The zero-order valence-electron chi connectivity index (χ0n) is 15.6. The first-order valence-corrected chi connectivity index (χ1v) is 8.90. The second-order valence-electron chi connectivity index (χ2n) is 6.73. The van der Waals surface area contributed by atoms with Crippen LogP contribution in [-0.4, -0.2) is 95.7 Å². The first-order valence-electron chi connectivity index (χ1n) is 8.90. The van der Waals surface area contributed by atoms with Crippen molar-refractivity contribution >= 4 is 23.7 Å². The summed E-state index contributed by atoms with van der Waals surface area (Å²) in [6, 6.07) is 5.38. The van der Waals surface area contributed by atoms with Gasteiger partial charge in [-0.05, 0) is 26.2 Å². The fourth-order valence-electron chi connectivity index (χ4n) is 3.01. The maximum absolute atomic E-state index is 13.0. The van der Waals surface area contributed by atoms with E-state index in [1.165, 1.54) is 0 Å². The van der Waals surface area contributed by atoms with Crippen LogP contribution in [0.4, 0.5) is 0 Å². The largest absolute Gasteiger partial charge is 0.348 e.